The lowest BCUT2D eigenvalue weighted by atomic mass is 9.71. The Morgan fingerprint density at radius 2 is 2.37 bits per heavy atom. The third-order valence-corrected chi connectivity index (χ3v) is 4.19. The molecule has 0 aromatic carbocycles. The highest BCUT2D eigenvalue weighted by atomic mass is 16.1. The van der Waals surface area contributed by atoms with E-state index in [0.29, 0.717) is 25.3 Å². The van der Waals surface area contributed by atoms with Crippen molar-refractivity contribution in [3.8, 4) is 6.07 Å². The Kier molecular flexibility index (Phi) is 4.04. The van der Waals surface area contributed by atoms with Crippen molar-refractivity contribution in [2.75, 3.05) is 0 Å². The summed E-state index contributed by atoms with van der Waals surface area (Å²) in [6.07, 6.45) is 6.53. The van der Waals surface area contributed by atoms with Gasteiger partial charge in [0.2, 0.25) is 0 Å². The fourth-order valence-corrected chi connectivity index (χ4v) is 2.65. The summed E-state index contributed by atoms with van der Waals surface area (Å²) in [6.45, 7) is 4.23. The van der Waals surface area contributed by atoms with Gasteiger partial charge in [-0.05, 0) is 32.3 Å². The lowest BCUT2D eigenvalue weighted by molar-refractivity contribution is -0.128. The van der Waals surface area contributed by atoms with Gasteiger partial charge in [0.05, 0.1) is 11.8 Å². The molecule has 4 nitrogen and oxygen atoms in total. The maximum atomic E-state index is 12.1. The maximum Gasteiger partial charge on any atom is 0.153 e. The first-order valence-electron chi connectivity index (χ1n) is 7.10. The van der Waals surface area contributed by atoms with Crippen molar-refractivity contribution in [1.82, 2.24) is 9.78 Å². The summed E-state index contributed by atoms with van der Waals surface area (Å²) in [5.41, 5.74) is 0.0319. The van der Waals surface area contributed by atoms with Gasteiger partial charge in [0, 0.05) is 25.1 Å². The molecule has 0 spiro atoms. The first-order valence-corrected chi connectivity index (χ1v) is 7.10. The molecule has 0 N–H and O–H groups in total. The minimum atomic E-state index is -0.827. The molecule has 1 aromatic heterocycles. The molecule has 4 heteroatoms. The van der Waals surface area contributed by atoms with E-state index in [0.717, 1.165) is 25.0 Å². The molecule has 0 amide bonds. The molecule has 1 fully saturated rings. The number of aromatic nitrogens is 2. The third kappa shape index (κ3) is 2.70. The van der Waals surface area contributed by atoms with Gasteiger partial charge in [0.15, 0.2) is 5.78 Å². The first kappa shape index (κ1) is 13.8. The normalized spacial score (nSPS) is 25.0. The molecule has 1 aliphatic rings. The molecule has 0 saturated heterocycles. The van der Waals surface area contributed by atoms with Crippen LogP contribution in [0.15, 0.2) is 12.3 Å². The molecule has 2 atom stereocenters. The average molecular weight is 259 g/mol. The van der Waals surface area contributed by atoms with E-state index in [1.807, 2.05) is 16.9 Å². The van der Waals surface area contributed by atoms with Crippen LogP contribution in [0.1, 0.15) is 57.7 Å². The first-order chi connectivity index (χ1) is 9.11. The number of Topliss-reactive ketones (excluding diaryl/α,β-unsaturated/α-hetero) is 1. The van der Waals surface area contributed by atoms with Crippen LogP contribution in [-0.4, -0.2) is 15.6 Å². The van der Waals surface area contributed by atoms with Crippen LogP contribution in [0.4, 0.5) is 0 Å². The molecule has 19 heavy (non-hydrogen) atoms. The Morgan fingerprint density at radius 3 is 3.00 bits per heavy atom. The highest BCUT2D eigenvalue weighted by Crippen LogP contribution is 2.35. The standard InChI is InChI=1S/C15H21N3O/c1-3-12(2)18-9-7-13(17-18)10-15(11-16)8-5-4-6-14(15)19/h7,9,12H,3-6,8,10H2,1-2H3. The molecule has 1 aromatic rings. The zero-order valence-corrected chi connectivity index (χ0v) is 11.7. The molecular weight excluding hydrogens is 238 g/mol. The molecule has 1 heterocycles. The van der Waals surface area contributed by atoms with Crippen LogP contribution >= 0.6 is 0 Å². The summed E-state index contributed by atoms with van der Waals surface area (Å²) in [4.78, 5) is 12.1. The van der Waals surface area contributed by atoms with Crippen LogP contribution in [0.5, 0.6) is 0 Å². The number of ketones is 1. The molecule has 1 saturated carbocycles. The molecule has 0 bridgehead atoms. The Labute approximate surface area is 114 Å². The Balaban J connectivity index is 2.17. The van der Waals surface area contributed by atoms with E-state index in [4.69, 9.17) is 0 Å². The van der Waals surface area contributed by atoms with E-state index in [2.05, 4.69) is 25.0 Å². The minimum Gasteiger partial charge on any atom is -0.298 e. The Bertz CT molecular complexity index is 500. The molecule has 0 aliphatic heterocycles. The van der Waals surface area contributed by atoms with Crippen molar-refractivity contribution >= 4 is 5.78 Å². The topological polar surface area (TPSA) is 58.7 Å². The van der Waals surface area contributed by atoms with Gasteiger partial charge < -0.3 is 0 Å². The molecule has 102 valence electrons. The summed E-state index contributed by atoms with van der Waals surface area (Å²) in [5.74, 6) is 0.0966. The fraction of sp³-hybridized carbons (Fsp3) is 0.667. The Morgan fingerprint density at radius 1 is 1.58 bits per heavy atom. The molecule has 1 aliphatic carbocycles. The number of hydrogen-bond acceptors (Lipinski definition) is 3. The highest BCUT2D eigenvalue weighted by Gasteiger charge is 2.40. The van der Waals surface area contributed by atoms with Crippen molar-refractivity contribution in [2.24, 2.45) is 5.41 Å². The van der Waals surface area contributed by atoms with E-state index in [1.54, 1.807) is 0 Å². The predicted octanol–water partition coefficient (Wildman–Crippen LogP) is 3.05. The SMILES string of the molecule is CCC(C)n1ccc(CC2(C#N)CCCCC2=O)n1. The number of carbonyl (C=O) groups is 1. The van der Waals surface area contributed by atoms with Gasteiger partial charge in [0.25, 0.3) is 0 Å². The monoisotopic (exact) mass is 259 g/mol. The van der Waals surface area contributed by atoms with Crippen molar-refractivity contribution in [2.45, 2.75) is 58.4 Å². The van der Waals surface area contributed by atoms with Gasteiger partial charge in [-0.2, -0.15) is 10.4 Å². The maximum absolute atomic E-state index is 12.1. The summed E-state index contributed by atoms with van der Waals surface area (Å²) in [5, 5.41) is 13.9. The average Bonchev–Trinajstić information content (AvgIpc) is 2.89. The van der Waals surface area contributed by atoms with E-state index in [1.165, 1.54) is 0 Å². The zero-order valence-electron chi connectivity index (χ0n) is 11.7. The largest absolute Gasteiger partial charge is 0.298 e. The summed E-state index contributed by atoms with van der Waals surface area (Å²) in [6, 6.07) is 4.56. The van der Waals surface area contributed by atoms with Crippen molar-refractivity contribution in [3.05, 3.63) is 18.0 Å². The predicted molar refractivity (Wildman–Crippen MR) is 72.5 cm³/mol. The number of hydrogen-bond donors (Lipinski definition) is 0. The van der Waals surface area contributed by atoms with Crippen LogP contribution in [-0.2, 0) is 11.2 Å². The quantitative estimate of drug-likeness (QED) is 0.835. The van der Waals surface area contributed by atoms with Crippen molar-refractivity contribution in [1.29, 1.82) is 5.26 Å². The second-order valence-corrected chi connectivity index (χ2v) is 5.55. The number of rotatable bonds is 4. The number of carbonyl (C=O) groups excluding carboxylic acids is 1. The van der Waals surface area contributed by atoms with E-state index < -0.39 is 5.41 Å². The second kappa shape index (κ2) is 5.56. The molecule has 2 rings (SSSR count). The van der Waals surface area contributed by atoms with Crippen LogP contribution in [0.2, 0.25) is 0 Å². The Hall–Kier alpha value is -1.63. The van der Waals surface area contributed by atoms with Crippen LogP contribution in [0, 0.1) is 16.7 Å². The van der Waals surface area contributed by atoms with Gasteiger partial charge in [-0.25, -0.2) is 0 Å². The molecular formula is C15H21N3O. The zero-order chi connectivity index (χ0) is 13.9. The molecule has 0 radical (unpaired) electrons. The highest BCUT2D eigenvalue weighted by molar-refractivity contribution is 5.88. The second-order valence-electron chi connectivity index (χ2n) is 5.55. The van der Waals surface area contributed by atoms with Gasteiger partial charge in [0.1, 0.15) is 5.41 Å². The number of nitriles is 1. The van der Waals surface area contributed by atoms with Crippen molar-refractivity contribution in [3.63, 3.8) is 0 Å². The lowest BCUT2D eigenvalue weighted by Crippen LogP contribution is -2.35. The smallest absolute Gasteiger partial charge is 0.153 e. The van der Waals surface area contributed by atoms with Gasteiger partial charge in [-0.15, -0.1) is 0 Å². The van der Waals surface area contributed by atoms with E-state index in [-0.39, 0.29) is 5.78 Å². The van der Waals surface area contributed by atoms with Crippen LogP contribution < -0.4 is 0 Å². The molecule has 2 unspecified atom stereocenters. The summed E-state index contributed by atoms with van der Waals surface area (Å²) < 4.78 is 1.92. The third-order valence-electron chi connectivity index (χ3n) is 4.19. The minimum absolute atomic E-state index is 0.0966. The van der Waals surface area contributed by atoms with Gasteiger partial charge in [-0.3, -0.25) is 9.48 Å². The van der Waals surface area contributed by atoms with Crippen molar-refractivity contribution < 1.29 is 4.79 Å². The van der Waals surface area contributed by atoms with Crippen LogP contribution in [0.25, 0.3) is 0 Å². The summed E-state index contributed by atoms with van der Waals surface area (Å²) in [7, 11) is 0. The summed E-state index contributed by atoms with van der Waals surface area (Å²) >= 11 is 0. The van der Waals surface area contributed by atoms with Gasteiger partial charge in [-0.1, -0.05) is 13.3 Å². The number of nitrogens with zero attached hydrogens (tertiary/aromatic N) is 3. The van der Waals surface area contributed by atoms with Crippen LogP contribution in [0.3, 0.4) is 0 Å². The van der Waals surface area contributed by atoms with E-state index >= 15 is 0 Å². The lowest BCUT2D eigenvalue weighted by Gasteiger charge is -2.28. The fourth-order valence-electron chi connectivity index (χ4n) is 2.65. The van der Waals surface area contributed by atoms with Gasteiger partial charge >= 0.3 is 0 Å². The van der Waals surface area contributed by atoms with E-state index in [9.17, 15) is 10.1 Å².